The molecule has 8 nitrogen and oxygen atoms in total. The molecular formula is C17H25N5O3. The van der Waals surface area contributed by atoms with Gasteiger partial charge in [0.25, 0.3) is 0 Å². The van der Waals surface area contributed by atoms with Crippen molar-refractivity contribution in [2.75, 3.05) is 11.9 Å². The summed E-state index contributed by atoms with van der Waals surface area (Å²) in [5, 5.41) is 9.72. The third-order valence-electron chi connectivity index (χ3n) is 4.00. The van der Waals surface area contributed by atoms with Crippen LogP contribution >= 0.6 is 0 Å². The van der Waals surface area contributed by atoms with Gasteiger partial charge >= 0.3 is 6.03 Å². The normalized spacial score (nSPS) is 17.6. The Hall–Kier alpha value is -2.35. The second kappa shape index (κ2) is 7.26. The number of oxazole rings is 1. The zero-order valence-corrected chi connectivity index (χ0v) is 14.9. The SMILES string of the molecule is CC(C)(C)c1cnc(CNC(=O)Nc2cnn(CC3CCCO3)c2)o1. The van der Waals surface area contributed by atoms with Crippen LogP contribution in [0.3, 0.4) is 0 Å². The molecule has 3 heterocycles. The number of nitrogens with one attached hydrogen (secondary N) is 2. The Bertz CT molecular complexity index is 710. The Balaban J connectivity index is 1.46. The molecule has 2 N–H and O–H groups in total. The van der Waals surface area contributed by atoms with E-state index in [1.165, 1.54) is 0 Å². The van der Waals surface area contributed by atoms with Crippen molar-refractivity contribution in [1.29, 1.82) is 0 Å². The summed E-state index contributed by atoms with van der Waals surface area (Å²) in [5.74, 6) is 1.27. The van der Waals surface area contributed by atoms with E-state index in [0.29, 0.717) is 18.1 Å². The van der Waals surface area contributed by atoms with E-state index in [2.05, 4.69) is 20.7 Å². The molecule has 0 bridgehead atoms. The number of hydrogen-bond donors (Lipinski definition) is 2. The number of hydrogen-bond acceptors (Lipinski definition) is 5. The molecule has 1 fully saturated rings. The van der Waals surface area contributed by atoms with Gasteiger partial charge in [-0.25, -0.2) is 9.78 Å². The highest BCUT2D eigenvalue weighted by Gasteiger charge is 2.19. The van der Waals surface area contributed by atoms with Crippen LogP contribution in [0.2, 0.25) is 0 Å². The van der Waals surface area contributed by atoms with E-state index in [1.807, 2.05) is 20.8 Å². The summed E-state index contributed by atoms with van der Waals surface area (Å²) in [4.78, 5) is 16.2. The van der Waals surface area contributed by atoms with Gasteiger partial charge in [-0.05, 0) is 12.8 Å². The first-order valence-electron chi connectivity index (χ1n) is 8.54. The molecule has 0 aromatic carbocycles. The van der Waals surface area contributed by atoms with Gasteiger partial charge in [0, 0.05) is 18.2 Å². The minimum absolute atomic E-state index is 0.106. The maximum atomic E-state index is 12.0. The molecule has 8 heteroatoms. The predicted octanol–water partition coefficient (Wildman–Crippen LogP) is 2.67. The highest BCUT2D eigenvalue weighted by atomic mass is 16.5. The van der Waals surface area contributed by atoms with Gasteiger partial charge in [0.05, 0.1) is 37.3 Å². The van der Waals surface area contributed by atoms with Crippen molar-refractivity contribution < 1.29 is 13.9 Å². The summed E-state index contributed by atoms with van der Waals surface area (Å²) in [6, 6.07) is -0.327. The monoisotopic (exact) mass is 347 g/mol. The third kappa shape index (κ3) is 4.82. The van der Waals surface area contributed by atoms with Gasteiger partial charge < -0.3 is 19.8 Å². The number of carbonyl (C=O) groups is 1. The van der Waals surface area contributed by atoms with E-state index < -0.39 is 0 Å². The highest BCUT2D eigenvalue weighted by molar-refractivity contribution is 5.88. The lowest BCUT2D eigenvalue weighted by molar-refractivity contribution is 0.0940. The van der Waals surface area contributed by atoms with Crippen LogP contribution in [0.15, 0.2) is 23.0 Å². The first-order valence-corrected chi connectivity index (χ1v) is 8.54. The van der Waals surface area contributed by atoms with Crippen molar-refractivity contribution in [1.82, 2.24) is 20.1 Å². The number of carbonyl (C=O) groups excluding carboxylic acids is 1. The fraction of sp³-hybridized carbons (Fsp3) is 0.588. The minimum atomic E-state index is -0.327. The van der Waals surface area contributed by atoms with Crippen LogP contribution in [-0.2, 0) is 23.2 Å². The molecule has 2 amide bonds. The summed E-state index contributed by atoms with van der Waals surface area (Å²) < 4.78 is 13.0. The van der Waals surface area contributed by atoms with Gasteiger partial charge in [0.1, 0.15) is 5.76 Å². The molecule has 0 aliphatic carbocycles. The largest absolute Gasteiger partial charge is 0.443 e. The molecule has 0 radical (unpaired) electrons. The van der Waals surface area contributed by atoms with Crippen LogP contribution in [-0.4, -0.2) is 33.5 Å². The van der Waals surface area contributed by atoms with Crippen LogP contribution in [0.1, 0.15) is 45.3 Å². The number of amides is 2. The first-order chi connectivity index (χ1) is 11.9. The highest BCUT2D eigenvalue weighted by Crippen LogP contribution is 2.22. The van der Waals surface area contributed by atoms with Crippen molar-refractivity contribution in [2.24, 2.45) is 0 Å². The van der Waals surface area contributed by atoms with Crippen LogP contribution in [0.4, 0.5) is 10.5 Å². The molecule has 136 valence electrons. The van der Waals surface area contributed by atoms with E-state index in [1.54, 1.807) is 23.3 Å². The van der Waals surface area contributed by atoms with Gasteiger partial charge in [-0.2, -0.15) is 5.10 Å². The molecule has 0 saturated carbocycles. The summed E-state index contributed by atoms with van der Waals surface area (Å²) in [6.07, 6.45) is 7.47. The molecular weight excluding hydrogens is 322 g/mol. The van der Waals surface area contributed by atoms with Crippen LogP contribution < -0.4 is 10.6 Å². The lowest BCUT2D eigenvalue weighted by Crippen LogP contribution is -2.28. The fourth-order valence-corrected chi connectivity index (χ4v) is 2.59. The Morgan fingerprint density at radius 2 is 2.24 bits per heavy atom. The number of nitrogens with zero attached hydrogens (tertiary/aromatic N) is 3. The number of aromatic nitrogens is 3. The number of rotatable bonds is 5. The van der Waals surface area contributed by atoms with Gasteiger partial charge in [-0.3, -0.25) is 4.68 Å². The minimum Gasteiger partial charge on any atom is -0.443 e. The van der Waals surface area contributed by atoms with E-state index in [-0.39, 0.29) is 24.1 Å². The molecule has 1 aliphatic heterocycles. The lowest BCUT2D eigenvalue weighted by Gasteiger charge is -2.13. The van der Waals surface area contributed by atoms with Gasteiger partial charge in [0.15, 0.2) is 0 Å². The lowest BCUT2D eigenvalue weighted by atomic mass is 9.94. The molecule has 25 heavy (non-hydrogen) atoms. The summed E-state index contributed by atoms with van der Waals surface area (Å²) in [5.41, 5.74) is 0.531. The quantitative estimate of drug-likeness (QED) is 0.867. The Labute approximate surface area is 146 Å². The van der Waals surface area contributed by atoms with Crippen molar-refractivity contribution in [3.05, 3.63) is 30.2 Å². The molecule has 2 aromatic rings. The second-order valence-corrected chi connectivity index (χ2v) is 7.26. The van der Waals surface area contributed by atoms with E-state index in [4.69, 9.17) is 9.15 Å². The number of urea groups is 1. The molecule has 1 unspecified atom stereocenters. The Kier molecular flexibility index (Phi) is 5.08. The van der Waals surface area contributed by atoms with Crippen molar-refractivity contribution in [3.63, 3.8) is 0 Å². The summed E-state index contributed by atoms with van der Waals surface area (Å²) >= 11 is 0. The van der Waals surface area contributed by atoms with Gasteiger partial charge in [0.2, 0.25) is 5.89 Å². The van der Waals surface area contributed by atoms with Crippen molar-refractivity contribution in [3.8, 4) is 0 Å². The molecule has 2 aromatic heterocycles. The van der Waals surface area contributed by atoms with E-state index in [9.17, 15) is 4.79 Å². The van der Waals surface area contributed by atoms with Crippen LogP contribution in [0, 0.1) is 0 Å². The maximum absolute atomic E-state index is 12.0. The third-order valence-corrected chi connectivity index (χ3v) is 4.00. The average Bonchev–Trinajstić information content (AvgIpc) is 3.26. The van der Waals surface area contributed by atoms with E-state index >= 15 is 0 Å². The Morgan fingerprint density at radius 3 is 2.92 bits per heavy atom. The van der Waals surface area contributed by atoms with Crippen molar-refractivity contribution in [2.45, 2.75) is 58.2 Å². The average molecular weight is 347 g/mol. The fourth-order valence-electron chi connectivity index (χ4n) is 2.59. The Morgan fingerprint density at radius 1 is 1.40 bits per heavy atom. The topological polar surface area (TPSA) is 94.2 Å². The van der Waals surface area contributed by atoms with Gasteiger partial charge in [-0.1, -0.05) is 20.8 Å². The molecule has 1 saturated heterocycles. The number of anilines is 1. The second-order valence-electron chi connectivity index (χ2n) is 7.26. The van der Waals surface area contributed by atoms with Gasteiger partial charge in [-0.15, -0.1) is 0 Å². The zero-order chi connectivity index (χ0) is 17.9. The maximum Gasteiger partial charge on any atom is 0.319 e. The molecule has 0 spiro atoms. The van der Waals surface area contributed by atoms with Crippen molar-refractivity contribution >= 4 is 11.7 Å². The first kappa shape index (κ1) is 17.5. The zero-order valence-electron chi connectivity index (χ0n) is 14.9. The van der Waals surface area contributed by atoms with Crippen LogP contribution in [0.25, 0.3) is 0 Å². The molecule has 1 atom stereocenters. The summed E-state index contributed by atoms with van der Waals surface area (Å²) in [6.45, 7) is 7.89. The molecule has 3 rings (SSSR count). The standard InChI is InChI=1S/C17H25N5O3/c1-17(2,3)14-8-18-15(25-14)9-19-16(23)21-12-7-20-22(10-12)11-13-5-4-6-24-13/h7-8,10,13H,4-6,9,11H2,1-3H3,(H2,19,21,23). The molecule has 1 aliphatic rings. The smallest absolute Gasteiger partial charge is 0.319 e. The van der Waals surface area contributed by atoms with E-state index in [0.717, 1.165) is 25.2 Å². The van der Waals surface area contributed by atoms with Crippen LogP contribution in [0.5, 0.6) is 0 Å². The number of ether oxygens (including phenoxy) is 1. The predicted molar refractivity (Wildman–Crippen MR) is 92.3 cm³/mol. The summed E-state index contributed by atoms with van der Waals surface area (Å²) in [7, 11) is 0.